The number of carbonyl (C=O) groups is 3. The molecule has 3 N–H and O–H groups in total. The SMILES string of the molecule is CCOc1ccc2c(c1)CC(NCCCCO)C(=O)N2c1cccc(CN2C(=O)[C@]3(O[C@H](CC(=O)N4CCC[C@H]4CO)[C@@H]([Si](C)(C)F)[C@@H]3C)c3cc(OC)ccc32)c1. The van der Waals surface area contributed by atoms with Gasteiger partial charge in [-0.3, -0.25) is 19.3 Å². The first-order chi connectivity index (χ1) is 27.9. The Morgan fingerprint density at radius 1 is 1.05 bits per heavy atom. The molecule has 3 amide bonds. The number of nitrogens with zero attached hydrogens (tertiary/aromatic N) is 3. The summed E-state index contributed by atoms with van der Waals surface area (Å²) in [5.74, 6) is -0.00820. The van der Waals surface area contributed by atoms with Crippen LogP contribution in [0, 0.1) is 5.92 Å². The third kappa shape index (κ3) is 7.65. The van der Waals surface area contributed by atoms with Crippen molar-refractivity contribution < 1.29 is 42.9 Å². The summed E-state index contributed by atoms with van der Waals surface area (Å²) in [5, 5.41) is 22.6. The van der Waals surface area contributed by atoms with E-state index in [1.165, 1.54) is 0 Å². The Morgan fingerprint density at radius 3 is 2.55 bits per heavy atom. The second-order valence-corrected chi connectivity index (χ2v) is 20.3. The molecule has 4 aliphatic heterocycles. The minimum absolute atomic E-state index is 0.0864. The normalized spacial score (nSPS) is 25.4. The molecule has 7 rings (SSSR count). The number of unbranched alkanes of at least 4 members (excludes halogenated alkanes) is 1. The number of anilines is 3. The number of methoxy groups -OCH3 is 1. The molecular formula is C44H57FN4O8Si. The zero-order valence-corrected chi connectivity index (χ0v) is 35.2. The monoisotopic (exact) mass is 816 g/mol. The third-order valence-electron chi connectivity index (χ3n) is 12.5. The minimum atomic E-state index is -3.54. The van der Waals surface area contributed by atoms with Gasteiger partial charge in [-0.25, -0.2) is 0 Å². The Morgan fingerprint density at radius 2 is 1.83 bits per heavy atom. The van der Waals surface area contributed by atoms with Crippen molar-refractivity contribution in [3.05, 3.63) is 77.4 Å². The van der Waals surface area contributed by atoms with Crippen molar-refractivity contribution in [1.29, 1.82) is 0 Å². The van der Waals surface area contributed by atoms with Crippen molar-refractivity contribution in [2.45, 2.75) is 101 Å². The number of hydrogen-bond donors (Lipinski definition) is 3. The standard InChI is InChI=1S/C44H57FN4O8Si/c1-6-56-34-15-16-37-30(22-34)23-36(46-18-7-8-20-50)42(53)49(37)31-12-9-11-29(21-31)26-48-38-17-14-33(55-3)24-35(38)44(43(48)54)28(2)41(58(4,5)45)39(57-44)25-40(52)47-19-10-13-32(47)27-51/h9,11-12,14-17,21-22,24,28,32,36,39,41,46,50-51H,6-8,10,13,18-20,23,25-27H2,1-5H3/t28-,32-,36?,39+,41-,44+/m0/s1. The highest BCUT2D eigenvalue weighted by molar-refractivity contribution is 6.72. The molecule has 58 heavy (non-hydrogen) atoms. The maximum atomic E-state index is 16.5. The molecular weight excluding hydrogens is 760 g/mol. The fourth-order valence-electron chi connectivity index (χ4n) is 9.85. The van der Waals surface area contributed by atoms with Crippen LogP contribution < -0.4 is 24.6 Å². The van der Waals surface area contributed by atoms with Crippen LogP contribution >= 0.6 is 0 Å². The van der Waals surface area contributed by atoms with Gasteiger partial charge in [-0.15, -0.1) is 0 Å². The van der Waals surface area contributed by atoms with Crippen LogP contribution in [-0.4, -0.2) is 99.4 Å². The van der Waals surface area contributed by atoms with Gasteiger partial charge in [0.1, 0.15) is 11.5 Å². The van der Waals surface area contributed by atoms with Crippen molar-refractivity contribution in [1.82, 2.24) is 10.2 Å². The molecule has 0 radical (unpaired) electrons. The number of aliphatic hydroxyl groups is 2. The zero-order chi connectivity index (χ0) is 41.4. The summed E-state index contributed by atoms with van der Waals surface area (Å²) in [6.45, 7) is 8.73. The van der Waals surface area contributed by atoms with E-state index < -0.39 is 37.6 Å². The number of aliphatic hydroxyl groups excluding tert-OH is 2. The van der Waals surface area contributed by atoms with Crippen molar-refractivity contribution in [3.8, 4) is 11.5 Å². The highest BCUT2D eigenvalue weighted by Crippen LogP contribution is 2.61. The van der Waals surface area contributed by atoms with Gasteiger partial charge in [0, 0.05) is 35.9 Å². The minimum Gasteiger partial charge on any atom is -0.497 e. The summed E-state index contributed by atoms with van der Waals surface area (Å²) in [6.07, 6.45) is 2.41. The molecule has 6 atom stereocenters. The van der Waals surface area contributed by atoms with Gasteiger partial charge in [0.2, 0.25) is 20.2 Å². The lowest BCUT2D eigenvalue weighted by Crippen LogP contribution is -2.49. The van der Waals surface area contributed by atoms with Crippen LogP contribution in [0.2, 0.25) is 18.6 Å². The van der Waals surface area contributed by atoms with Gasteiger partial charge in [-0.2, -0.15) is 0 Å². The van der Waals surface area contributed by atoms with Gasteiger partial charge in [0.15, 0.2) is 5.60 Å². The number of carbonyl (C=O) groups excluding carboxylic acids is 3. The van der Waals surface area contributed by atoms with E-state index in [1.807, 2.05) is 62.4 Å². The predicted molar refractivity (Wildman–Crippen MR) is 222 cm³/mol. The Kier molecular flexibility index (Phi) is 12.3. The van der Waals surface area contributed by atoms with Crippen LogP contribution in [0.25, 0.3) is 0 Å². The molecule has 1 spiro atoms. The lowest BCUT2D eigenvalue weighted by Gasteiger charge is -2.35. The van der Waals surface area contributed by atoms with Gasteiger partial charge in [-0.05, 0) is 118 Å². The molecule has 2 saturated heterocycles. The first-order valence-corrected chi connectivity index (χ1v) is 23.6. The van der Waals surface area contributed by atoms with E-state index in [9.17, 15) is 19.8 Å². The number of ether oxygens (including phenoxy) is 3. The molecule has 0 bridgehead atoms. The number of rotatable bonds is 15. The van der Waals surface area contributed by atoms with E-state index in [-0.39, 0.29) is 49.9 Å². The van der Waals surface area contributed by atoms with E-state index >= 15 is 8.90 Å². The molecule has 0 saturated carbocycles. The molecule has 12 nitrogen and oxygen atoms in total. The molecule has 0 aliphatic carbocycles. The summed E-state index contributed by atoms with van der Waals surface area (Å²) < 4.78 is 34.9. The highest BCUT2D eigenvalue weighted by atomic mass is 28.4. The Balaban J connectivity index is 1.22. The number of amides is 3. The van der Waals surface area contributed by atoms with Gasteiger partial charge in [0.25, 0.3) is 5.91 Å². The van der Waals surface area contributed by atoms with E-state index in [4.69, 9.17) is 14.2 Å². The molecule has 1 unspecified atom stereocenters. The van der Waals surface area contributed by atoms with Gasteiger partial charge in [0.05, 0.1) is 62.9 Å². The zero-order valence-electron chi connectivity index (χ0n) is 34.2. The van der Waals surface area contributed by atoms with Crippen LogP contribution in [0.1, 0.15) is 62.6 Å². The van der Waals surface area contributed by atoms with E-state index in [0.717, 1.165) is 35.4 Å². The van der Waals surface area contributed by atoms with Crippen LogP contribution in [0.3, 0.4) is 0 Å². The number of hydrogen-bond acceptors (Lipinski definition) is 9. The molecule has 0 aromatic heterocycles. The number of likely N-dealkylation sites (tertiary alicyclic amines) is 1. The average Bonchev–Trinajstić information content (AvgIpc) is 3.87. The molecule has 14 heteroatoms. The van der Waals surface area contributed by atoms with Crippen molar-refractivity contribution in [2.24, 2.45) is 5.92 Å². The summed E-state index contributed by atoms with van der Waals surface area (Å²) in [5.41, 5.74) is 2.08. The Labute approximate surface area is 341 Å². The highest BCUT2D eigenvalue weighted by Gasteiger charge is 2.67. The molecule has 312 valence electrons. The summed E-state index contributed by atoms with van der Waals surface area (Å²) >= 11 is 0. The topological polar surface area (TPSA) is 141 Å². The van der Waals surface area contributed by atoms with Crippen LogP contribution in [0.4, 0.5) is 21.2 Å². The second-order valence-electron chi connectivity index (χ2n) is 16.5. The first-order valence-electron chi connectivity index (χ1n) is 20.7. The maximum Gasteiger partial charge on any atom is 0.264 e. The summed E-state index contributed by atoms with van der Waals surface area (Å²) in [7, 11) is -1.99. The van der Waals surface area contributed by atoms with Gasteiger partial charge in [-0.1, -0.05) is 19.1 Å². The van der Waals surface area contributed by atoms with Crippen molar-refractivity contribution in [2.75, 3.05) is 49.8 Å². The van der Waals surface area contributed by atoms with Gasteiger partial charge >= 0.3 is 0 Å². The molecule has 2 fully saturated rings. The number of nitrogens with one attached hydrogen (secondary N) is 1. The lowest BCUT2D eigenvalue weighted by molar-refractivity contribution is -0.150. The first kappa shape index (κ1) is 41.8. The molecule has 4 heterocycles. The van der Waals surface area contributed by atoms with E-state index in [0.29, 0.717) is 61.6 Å². The van der Waals surface area contributed by atoms with Crippen LogP contribution in [0.5, 0.6) is 11.5 Å². The quantitative estimate of drug-likeness (QED) is 0.0996. The lowest BCUT2D eigenvalue weighted by atomic mass is 9.82. The summed E-state index contributed by atoms with van der Waals surface area (Å²) in [4.78, 5) is 48.3. The third-order valence-corrected chi connectivity index (χ3v) is 14.9. The Bertz CT molecular complexity index is 2010. The van der Waals surface area contributed by atoms with Crippen LogP contribution in [0.15, 0.2) is 60.7 Å². The predicted octanol–water partition coefficient (Wildman–Crippen LogP) is 5.74. The molecule has 3 aromatic rings. The number of fused-ring (bicyclic) bond motifs is 3. The van der Waals surface area contributed by atoms with Crippen LogP contribution in [-0.2, 0) is 37.7 Å². The maximum absolute atomic E-state index is 16.5. The fraction of sp³-hybridized carbons (Fsp3) is 0.523. The van der Waals surface area contributed by atoms with Crippen molar-refractivity contribution in [3.63, 3.8) is 0 Å². The fourth-order valence-corrected chi connectivity index (χ4v) is 12.3. The Hall–Kier alpha value is -4.34. The average molecular weight is 817 g/mol. The summed E-state index contributed by atoms with van der Waals surface area (Å²) in [6, 6.07) is 18.0. The van der Waals surface area contributed by atoms with E-state index in [1.54, 1.807) is 47.0 Å². The molecule has 3 aromatic carbocycles. The number of benzene rings is 3. The smallest absolute Gasteiger partial charge is 0.264 e. The van der Waals surface area contributed by atoms with Gasteiger partial charge < -0.3 is 43.6 Å². The number of halogens is 1. The van der Waals surface area contributed by atoms with E-state index in [2.05, 4.69) is 5.32 Å². The largest absolute Gasteiger partial charge is 0.497 e. The van der Waals surface area contributed by atoms with Crippen molar-refractivity contribution >= 4 is 43.2 Å². The molecule has 4 aliphatic rings. The second kappa shape index (κ2) is 17.1.